The predicted octanol–water partition coefficient (Wildman–Crippen LogP) is 0.975. The quantitative estimate of drug-likeness (QED) is 0.697. The highest BCUT2D eigenvalue weighted by Crippen LogP contribution is 2.29. The van der Waals surface area contributed by atoms with E-state index in [1.807, 2.05) is 0 Å². The SMILES string of the molecule is COc1cncc2c1CCC(=O)N2. The van der Waals surface area contributed by atoms with Crippen LogP contribution >= 0.6 is 0 Å². The molecule has 13 heavy (non-hydrogen) atoms. The molecule has 0 aliphatic carbocycles. The fraction of sp³-hybridized carbons (Fsp3) is 0.333. The van der Waals surface area contributed by atoms with Crippen molar-refractivity contribution < 1.29 is 9.53 Å². The number of ether oxygens (including phenoxy) is 1. The number of carbonyl (C=O) groups excluding carboxylic acids is 1. The minimum Gasteiger partial charge on any atom is -0.495 e. The summed E-state index contributed by atoms with van der Waals surface area (Å²) < 4.78 is 5.13. The normalized spacial score (nSPS) is 14.7. The summed E-state index contributed by atoms with van der Waals surface area (Å²) >= 11 is 0. The maximum Gasteiger partial charge on any atom is 0.224 e. The molecule has 0 saturated carbocycles. The van der Waals surface area contributed by atoms with Gasteiger partial charge in [0.2, 0.25) is 5.91 Å². The van der Waals surface area contributed by atoms with Gasteiger partial charge in [0.25, 0.3) is 0 Å². The number of nitrogens with zero attached hydrogens (tertiary/aromatic N) is 1. The Labute approximate surface area is 75.9 Å². The maximum absolute atomic E-state index is 11.0. The molecule has 4 heteroatoms. The number of amides is 1. The first-order valence-electron chi connectivity index (χ1n) is 4.12. The van der Waals surface area contributed by atoms with Crippen LogP contribution in [-0.4, -0.2) is 18.0 Å². The molecule has 1 aliphatic heterocycles. The summed E-state index contributed by atoms with van der Waals surface area (Å²) in [6.45, 7) is 0. The first-order valence-corrected chi connectivity index (χ1v) is 4.12. The Hall–Kier alpha value is -1.58. The summed E-state index contributed by atoms with van der Waals surface area (Å²) in [5.41, 5.74) is 1.81. The lowest BCUT2D eigenvalue weighted by Gasteiger charge is -2.17. The van der Waals surface area contributed by atoms with Crippen LogP contribution in [0.5, 0.6) is 5.75 Å². The zero-order valence-electron chi connectivity index (χ0n) is 7.33. The van der Waals surface area contributed by atoms with E-state index in [-0.39, 0.29) is 5.91 Å². The number of aromatic nitrogens is 1. The predicted molar refractivity (Wildman–Crippen MR) is 47.7 cm³/mol. The zero-order valence-corrected chi connectivity index (χ0v) is 7.33. The summed E-state index contributed by atoms with van der Waals surface area (Å²) in [5, 5.41) is 2.75. The molecule has 1 aromatic rings. The van der Waals surface area contributed by atoms with E-state index in [0.717, 1.165) is 23.4 Å². The van der Waals surface area contributed by atoms with Gasteiger partial charge in [-0.2, -0.15) is 0 Å². The largest absolute Gasteiger partial charge is 0.495 e. The van der Waals surface area contributed by atoms with Gasteiger partial charge in [0.05, 0.1) is 25.2 Å². The Kier molecular flexibility index (Phi) is 1.88. The number of rotatable bonds is 1. The Morgan fingerprint density at radius 3 is 3.08 bits per heavy atom. The van der Waals surface area contributed by atoms with E-state index in [1.165, 1.54) is 0 Å². The molecule has 68 valence electrons. The van der Waals surface area contributed by atoms with Gasteiger partial charge in [-0.15, -0.1) is 0 Å². The van der Waals surface area contributed by atoms with Crippen molar-refractivity contribution in [1.82, 2.24) is 4.98 Å². The molecule has 0 bridgehead atoms. The number of methoxy groups -OCH3 is 1. The van der Waals surface area contributed by atoms with Crippen LogP contribution in [0.4, 0.5) is 5.69 Å². The minimum absolute atomic E-state index is 0.0440. The summed E-state index contributed by atoms with van der Waals surface area (Å²) in [6.07, 6.45) is 4.56. The van der Waals surface area contributed by atoms with Gasteiger partial charge in [0, 0.05) is 12.0 Å². The second-order valence-corrected chi connectivity index (χ2v) is 2.92. The van der Waals surface area contributed by atoms with Crippen molar-refractivity contribution in [3.05, 3.63) is 18.0 Å². The molecule has 0 fully saturated rings. The minimum atomic E-state index is 0.0440. The van der Waals surface area contributed by atoms with E-state index < -0.39 is 0 Å². The van der Waals surface area contributed by atoms with Gasteiger partial charge in [0.15, 0.2) is 0 Å². The molecule has 1 N–H and O–H groups in total. The average Bonchev–Trinajstić information content (AvgIpc) is 2.16. The fourth-order valence-corrected chi connectivity index (χ4v) is 1.46. The van der Waals surface area contributed by atoms with Gasteiger partial charge in [-0.1, -0.05) is 0 Å². The first kappa shape index (κ1) is 8.04. The Balaban J connectivity index is 2.45. The van der Waals surface area contributed by atoms with E-state index in [4.69, 9.17) is 4.74 Å². The summed E-state index contributed by atoms with van der Waals surface area (Å²) in [4.78, 5) is 15.0. The van der Waals surface area contributed by atoms with Crippen molar-refractivity contribution in [2.45, 2.75) is 12.8 Å². The van der Waals surface area contributed by atoms with Crippen molar-refractivity contribution >= 4 is 11.6 Å². The van der Waals surface area contributed by atoms with Crippen LogP contribution in [0.15, 0.2) is 12.4 Å². The molecule has 0 aromatic carbocycles. The molecular weight excluding hydrogens is 168 g/mol. The van der Waals surface area contributed by atoms with Gasteiger partial charge in [-0.25, -0.2) is 0 Å². The number of carbonyl (C=O) groups is 1. The number of fused-ring (bicyclic) bond motifs is 1. The van der Waals surface area contributed by atoms with Crippen molar-refractivity contribution in [2.24, 2.45) is 0 Å². The van der Waals surface area contributed by atoms with Crippen molar-refractivity contribution in [3.8, 4) is 5.75 Å². The molecular formula is C9H10N2O2. The fourth-order valence-electron chi connectivity index (χ4n) is 1.46. The Morgan fingerprint density at radius 2 is 2.31 bits per heavy atom. The van der Waals surface area contributed by atoms with Crippen LogP contribution in [0.1, 0.15) is 12.0 Å². The summed E-state index contributed by atoms with van der Waals surface area (Å²) in [7, 11) is 1.60. The van der Waals surface area contributed by atoms with Gasteiger partial charge in [-0.05, 0) is 6.42 Å². The molecule has 0 unspecified atom stereocenters. The average molecular weight is 178 g/mol. The zero-order chi connectivity index (χ0) is 9.26. The van der Waals surface area contributed by atoms with Crippen LogP contribution < -0.4 is 10.1 Å². The van der Waals surface area contributed by atoms with Crippen LogP contribution in [0.25, 0.3) is 0 Å². The second-order valence-electron chi connectivity index (χ2n) is 2.92. The summed E-state index contributed by atoms with van der Waals surface area (Å²) in [5.74, 6) is 0.792. The van der Waals surface area contributed by atoms with E-state index in [1.54, 1.807) is 19.5 Å². The molecule has 2 heterocycles. The van der Waals surface area contributed by atoms with Crippen molar-refractivity contribution in [3.63, 3.8) is 0 Å². The van der Waals surface area contributed by atoms with Crippen molar-refractivity contribution in [1.29, 1.82) is 0 Å². The molecule has 1 amide bonds. The lowest BCUT2D eigenvalue weighted by molar-refractivity contribution is -0.116. The van der Waals surface area contributed by atoms with Gasteiger partial charge < -0.3 is 10.1 Å². The van der Waals surface area contributed by atoms with Gasteiger partial charge in [-0.3, -0.25) is 9.78 Å². The van der Waals surface area contributed by atoms with E-state index >= 15 is 0 Å². The number of hydrogen-bond donors (Lipinski definition) is 1. The van der Waals surface area contributed by atoms with Gasteiger partial charge >= 0.3 is 0 Å². The van der Waals surface area contributed by atoms with Crippen LogP contribution in [0.3, 0.4) is 0 Å². The van der Waals surface area contributed by atoms with E-state index in [9.17, 15) is 4.79 Å². The third kappa shape index (κ3) is 1.35. The molecule has 0 saturated heterocycles. The summed E-state index contributed by atoms with van der Waals surface area (Å²) in [6, 6.07) is 0. The lowest BCUT2D eigenvalue weighted by atomic mass is 10.0. The molecule has 0 atom stereocenters. The number of hydrogen-bond acceptors (Lipinski definition) is 3. The number of anilines is 1. The standard InChI is InChI=1S/C9H10N2O2/c1-13-8-5-10-4-7-6(8)2-3-9(12)11-7/h4-5H,2-3H2,1H3,(H,11,12). The first-order chi connectivity index (χ1) is 6.31. The van der Waals surface area contributed by atoms with Crippen molar-refractivity contribution in [2.75, 3.05) is 12.4 Å². The molecule has 2 rings (SSSR count). The lowest BCUT2D eigenvalue weighted by Crippen LogP contribution is -2.19. The highest BCUT2D eigenvalue weighted by Gasteiger charge is 2.18. The molecule has 0 spiro atoms. The highest BCUT2D eigenvalue weighted by molar-refractivity contribution is 5.94. The highest BCUT2D eigenvalue weighted by atomic mass is 16.5. The van der Waals surface area contributed by atoms with Gasteiger partial charge in [0.1, 0.15) is 5.75 Å². The van der Waals surface area contributed by atoms with E-state index in [2.05, 4.69) is 10.3 Å². The monoisotopic (exact) mass is 178 g/mol. The van der Waals surface area contributed by atoms with E-state index in [0.29, 0.717) is 6.42 Å². The smallest absolute Gasteiger partial charge is 0.224 e. The second kappa shape index (κ2) is 3.05. The number of nitrogens with one attached hydrogen (secondary N) is 1. The maximum atomic E-state index is 11.0. The third-order valence-electron chi connectivity index (χ3n) is 2.11. The molecule has 0 radical (unpaired) electrons. The Morgan fingerprint density at radius 1 is 1.46 bits per heavy atom. The Bertz CT molecular complexity index is 349. The molecule has 4 nitrogen and oxygen atoms in total. The third-order valence-corrected chi connectivity index (χ3v) is 2.11. The molecule has 1 aliphatic rings. The topological polar surface area (TPSA) is 51.2 Å². The van der Waals surface area contributed by atoms with Crippen LogP contribution in [-0.2, 0) is 11.2 Å². The number of pyridine rings is 1. The van der Waals surface area contributed by atoms with Crippen LogP contribution in [0, 0.1) is 0 Å². The van der Waals surface area contributed by atoms with Crippen LogP contribution in [0.2, 0.25) is 0 Å². The molecule has 1 aromatic heterocycles.